The molecular weight excluding hydrogens is 449 g/mol. The quantitative estimate of drug-likeness (QED) is 0.404. The lowest BCUT2D eigenvalue weighted by Crippen LogP contribution is -2.53. The Morgan fingerprint density at radius 3 is 2.52 bits per heavy atom. The van der Waals surface area contributed by atoms with E-state index in [0.717, 1.165) is 44.6 Å². The van der Waals surface area contributed by atoms with Gasteiger partial charge in [0.15, 0.2) is 5.96 Å². The topological polar surface area (TPSA) is 34.1 Å². The van der Waals surface area contributed by atoms with Crippen LogP contribution in [0.5, 0.6) is 0 Å². The minimum atomic E-state index is 0. The van der Waals surface area contributed by atoms with Crippen LogP contribution < -0.4 is 10.2 Å². The van der Waals surface area contributed by atoms with Gasteiger partial charge in [0.1, 0.15) is 0 Å². The molecule has 0 aromatic heterocycles. The second-order valence-electron chi connectivity index (χ2n) is 7.67. The van der Waals surface area contributed by atoms with Gasteiger partial charge in [-0.05, 0) is 56.5 Å². The third-order valence-corrected chi connectivity index (χ3v) is 6.07. The summed E-state index contributed by atoms with van der Waals surface area (Å²) in [6, 6.07) is 6.62. The van der Waals surface area contributed by atoms with Gasteiger partial charge in [0.25, 0.3) is 0 Å². The van der Waals surface area contributed by atoms with Gasteiger partial charge in [0, 0.05) is 52.0 Å². The van der Waals surface area contributed by atoms with Gasteiger partial charge in [-0.3, -0.25) is 4.99 Å². The number of piperazine rings is 1. The maximum Gasteiger partial charge on any atom is 0.193 e. The fourth-order valence-corrected chi connectivity index (χ4v) is 4.17. The van der Waals surface area contributed by atoms with Crippen LogP contribution in [0.2, 0.25) is 0 Å². The Labute approximate surface area is 182 Å². The molecule has 1 unspecified atom stereocenters. The van der Waals surface area contributed by atoms with Crippen LogP contribution in [0.1, 0.15) is 24.5 Å². The molecule has 6 heteroatoms. The average Bonchev–Trinajstić information content (AvgIpc) is 3.13. The smallest absolute Gasteiger partial charge is 0.193 e. The number of guanidine groups is 1. The summed E-state index contributed by atoms with van der Waals surface area (Å²) in [5, 5.41) is 3.63. The normalized spacial score (nSPS) is 21.3. The van der Waals surface area contributed by atoms with E-state index in [2.05, 4.69) is 64.0 Å². The van der Waals surface area contributed by atoms with Crippen molar-refractivity contribution in [3.8, 4) is 0 Å². The molecule has 2 aliphatic rings. The van der Waals surface area contributed by atoms with E-state index < -0.39 is 0 Å². The summed E-state index contributed by atoms with van der Waals surface area (Å²) in [5.41, 5.74) is 4.17. The number of aryl methyl sites for hydroxylation is 1. The maximum absolute atomic E-state index is 4.54. The molecule has 1 aromatic carbocycles. The number of benzene rings is 1. The summed E-state index contributed by atoms with van der Waals surface area (Å²) in [6.07, 6.45) is 1.30. The molecule has 0 saturated carbocycles. The molecule has 2 aliphatic heterocycles. The van der Waals surface area contributed by atoms with Crippen molar-refractivity contribution in [3.05, 3.63) is 29.3 Å². The molecule has 5 nitrogen and oxygen atoms in total. The van der Waals surface area contributed by atoms with E-state index in [1.54, 1.807) is 0 Å². The standard InChI is InChI=1S/C21H35N5.HI/c1-5-24-10-9-19(16-24)15-23-21(22-4)26-13-11-25(12-14-26)20-8-6-7-17(2)18(20)3;/h6-8,19H,5,9-16H2,1-4H3,(H,22,23);1H. The summed E-state index contributed by atoms with van der Waals surface area (Å²) in [6.45, 7) is 15.5. The molecule has 0 bridgehead atoms. The molecule has 27 heavy (non-hydrogen) atoms. The van der Waals surface area contributed by atoms with E-state index in [1.807, 2.05) is 7.05 Å². The maximum atomic E-state index is 4.54. The van der Waals surface area contributed by atoms with Gasteiger partial charge in [-0.1, -0.05) is 19.1 Å². The number of nitrogens with zero attached hydrogens (tertiary/aromatic N) is 4. The SMILES string of the molecule is CCN1CCC(CNC(=NC)N2CCN(c3cccc(C)c3C)CC2)C1.I. The molecule has 3 rings (SSSR count). The second-order valence-corrected chi connectivity index (χ2v) is 7.67. The Morgan fingerprint density at radius 2 is 1.89 bits per heavy atom. The van der Waals surface area contributed by atoms with Crippen molar-refractivity contribution >= 4 is 35.6 Å². The number of likely N-dealkylation sites (tertiary alicyclic amines) is 1. The highest BCUT2D eigenvalue weighted by molar-refractivity contribution is 14.0. The van der Waals surface area contributed by atoms with Crippen molar-refractivity contribution < 1.29 is 0 Å². The van der Waals surface area contributed by atoms with Crippen LogP contribution >= 0.6 is 24.0 Å². The van der Waals surface area contributed by atoms with E-state index in [0.29, 0.717) is 0 Å². The summed E-state index contributed by atoms with van der Waals surface area (Å²) in [4.78, 5) is 12.0. The van der Waals surface area contributed by atoms with E-state index >= 15 is 0 Å². The van der Waals surface area contributed by atoms with Crippen LogP contribution in [0.25, 0.3) is 0 Å². The van der Waals surface area contributed by atoms with Crippen LogP contribution in [-0.2, 0) is 0 Å². The van der Waals surface area contributed by atoms with E-state index in [4.69, 9.17) is 0 Å². The van der Waals surface area contributed by atoms with Crippen molar-refractivity contribution in [3.63, 3.8) is 0 Å². The molecule has 0 aliphatic carbocycles. The Bertz CT molecular complexity index is 625. The first-order valence-corrected chi connectivity index (χ1v) is 10.1. The monoisotopic (exact) mass is 485 g/mol. The number of aliphatic imine (C=N–C) groups is 1. The zero-order valence-corrected chi connectivity index (χ0v) is 19.7. The molecule has 0 radical (unpaired) electrons. The van der Waals surface area contributed by atoms with E-state index in [1.165, 1.54) is 42.9 Å². The highest BCUT2D eigenvalue weighted by atomic mass is 127. The minimum absolute atomic E-state index is 0. The largest absolute Gasteiger partial charge is 0.368 e. The van der Waals surface area contributed by atoms with Gasteiger partial charge in [0.2, 0.25) is 0 Å². The van der Waals surface area contributed by atoms with Crippen LogP contribution in [0, 0.1) is 19.8 Å². The van der Waals surface area contributed by atoms with Gasteiger partial charge in [-0.25, -0.2) is 0 Å². The first kappa shape index (κ1) is 22.3. The Kier molecular flexibility index (Phi) is 8.66. The number of hydrogen-bond donors (Lipinski definition) is 1. The van der Waals surface area contributed by atoms with Crippen molar-refractivity contribution in [2.75, 3.05) is 64.3 Å². The number of hydrogen-bond acceptors (Lipinski definition) is 3. The molecule has 1 aromatic rings. The number of nitrogens with one attached hydrogen (secondary N) is 1. The van der Waals surface area contributed by atoms with E-state index in [9.17, 15) is 0 Å². The summed E-state index contributed by atoms with van der Waals surface area (Å²) >= 11 is 0. The zero-order chi connectivity index (χ0) is 18.5. The molecule has 152 valence electrons. The number of halogens is 1. The minimum Gasteiger partial charge on any atom is -0.368 e. The number of anilines is 1. The van der Waals surface area contributed by atoms with Crippen molar-refractivity contribution in [1.29, 1.82) is 0 Å². The highest BCUT2D eigenvalue weighted by Crippen LogP contribution is 2.24. The van der Waals surface area contributed by atoms with Gasteiger partial charge in [-0.15, -0.1) is 24.0 Å². The van der Waals surface area contributed by atoms with Gasteiger partial charge in [0.05, 0.1) is 0 Å². The lowest BCUT2D eigenvalue weighted by atomic mass is 10.1. The first-order chi connectivity index (χ1) is 12.6. The molecule has 0 spiro atoms. The average molecular weight is 485 g/mol. The third kappa shape index (κ3) is 5.50. The van der Waals surface area contributed by atoms with Gasteiger partial charge < -0.3 is 20.0 Å². The third-order valence-electron chi connectivity index (χ3n) is 6.07. The molecule has 1 N–H and O–H groups in total. The predicted octanol–water partition coefficient (Wildman–Crippen LogP) is 2.96. The summed E-state index contributed by atoms with van der Waals surface area (Å²) < 4.78 is 0. The first-order valence-electron chi connectivity index (χ1n) is 10.1. The molecule has 2 heterocycles. The molecular formula is C21H36IN5. The highest BCUT2D eigenvalue weighted by Gasteiger charge is 2.24. The summed E-state index contributed by atoms with van der Waals surface area (Å²) in [7, 11) is 1.91. The molecule has 0 amide bonds. The molecule has 1 atom stereocenters. The Hall–Kier alpha value is -1.02. The van der Waals surface area contributed by atoms with Crippen LogP contribution in [-0.4, -0.2) is 75.2 Å². The van der Waals surface area contributed by atoms with Crippen molar-refractivity contribution in [2.24, 2.45) is 10.9 Å². The van der Waals surface area contributed by atoms with E-state index in [-0.39, 0.29) is 24.0 Å². The predicted molar refractivity (Wildman–Crippen MR) is 127 cm³/mol. The second kappa shape index (κ2) is 10.5. The van der Waals surface area contributed by atoms with Crippen molar-refractivity contribution in [1.82, 2.24) is 15.1 Å². The number of rotatable bonds is 4. The zero-order valence-electron chi connectivity index (χ0n) is 17.4. The van der Waals surface area contributed by atoms with Crippen molar-refractivity contribution in [2.45, 2.75) is 27.2 Å². The fourth-order valence-electron chi connectivity index (χ4n) is 4.17. The molecule has 2 saturated heterocycles. The Morgan fingerprint density at radius 1 is 1.15 bits per heavy atom. The van der Waals surface area contributed by atoms with Crippen LogP contribution in [0.15, 0.2) is 23.2 Å². The van der Waals surface area contributed by atoms with Gasteiger partial charge in [-0.2, -0.15) is 0 Å². The van der Waals surface area contributed by atoms with Crippen LogP contribution in [0.3, 0.4) is 0 Å². The molecule has 2 fully saturated rings. The van der Waals surface area contributed by atoms with Gasteiger partial charge >= 0.3 is 0 Å². The lowest BCUT2D eigenvalue weighted by Gasteiger charge is -2.38. The fraction of sp³-hybridized carbons (Fsp3) is 0.667. The Balaban J connectivity index is 0.00000261. The van der Waals surface area contributed by atoms with Crippen LogP contribution in [0.4, 0.5) is 5.69 Å². The lowest BCUT2D eigenvalue weighted by molar-refractivity contribution is 0.337. The summed E-state index contributed by atoms with van der Waals surface area (Å²) in [5.74, 6) is 1.82.